The highest BCUT2D eigenvalue weighted by Crippen LogP contribution is 2.57. The number of aromatic nitrogens is 5. The summed E-state index contributed by atoms with van der Waals surface area (Å²) in [4.78, 5) is 23.1. The van der Waals surface area contributed by atoms with Gasteiger partial charge in [0, 0.05) is 43.6 Å². The number of fused-ring (bicyclic) bond motifs is 1. The van der Waals surface area contributed by atoms with Gasteiger partial charge in [0.2, 0.25) is 5.95 Å². The number of hydrogen-bond donors (Lipinski definition) is 3. The van der Waals surface area contributed by atoms with E-state index < -0.39 is 37.2 Å². The first-order valence-electron chi connectivity index (χ1n) is 12.9. The predicted octanol–water partition coefficient (Wildman–Crippen LogP) is 2.68. The molecule has 2 saturated heterocycles. The van der Waals surface area contributed by atoms with E-state index in [1.807, 2.05) is 4.90 Å². The monoisotopic (exact) mass is 548 g/mol. The second-order valence-corrected chi connectivity index (χ2v) is 10.8. The number of imidazole rings is 1. The van der Waals surface area contributed by atoms with Gasteiger partial charge in [0.15, 0.2) is 18.1 Å². The van der Waals surface area contributed by atoms with E-state index in [1.54, 1.807) is 28.9 Å². The van der Waals surface area contributed by atoms with Gasteiger partial charge in [-0.3, -0.25) is 14.4 Å². The number of ether oxygens (including phenoxy) is 3. The number of alkyl carbamates (subject to hydrolysis) is 1. The molecular weight excluding hydrogens is 521 g/mol. The lowest BCUT2D eigenvalue weighted by atomic mass is 9.50. The van der Waals surface area contributed by atoms with Crippen molar-refractivity contribution in [1.29, 1.82) is 0 Å². The van der Waals surface area contributed by atoms with E-state index in [0.717, 1.165) is 25.0 Å². The number of likely N-dealkylation sites (tertiary alicyclic amines) is 1. The van der Waals surface area contributed by atoms with E-state index in [1.165, 1.54) is 0 Å². The Labute approximate surface area is 220 Å². The number of nitrogens with zero attached hydrogens (tertiary/aromatic N) is 5. The lowest BCUT2D eigenvalue weighted by molar-refractivity contribution is -0.197. The minimum absolute atomic E-state index is 0.0542. The zero-order chi connectivity index (χ0) is 26.7. The Bertz CT molecular complexity index is 1360. The molecule has 3 unspecified atom stereocenters. The van der Waals surface area contributed by atoms with Gasteiger partial charge in [0.1, 0.15) is 11.8 Å². The number of rotatable bonds is 9. The van der Waals surface area contributed by atoms with Gasteiger partial charge < -0.3 is 24.8 Å². The molecule has 3 N–H and O–H groups in total. The van der Waals surface area contributed by atoms with Crippen molar-refractivity contribution >= 4 is 23.5 Å². The molecule has 12 nitrogen and oxygen atoms in total. The largest absolute Gasteiger partial charge is 0.441 e. The van der Waals surface area contributed by atoms with Gasteiger partial charge in [0.25, 0.3) is 0 Å². The molecule has 5 heterocycles. The van der Waals surface area contributed by atoms with Gasteiger partial charge in [-0.2, -0.15) is 13.9 Å². The number of anilines is 2. The Hall–Kier alpha value is -3.43. The summed E-state index contributed by atoms with van der Waals surface area (Å²) in [6.07, 6.45) is 1.70. The minimum Gasteiger partial charge on any atom is -0.441 e. The molecule has 15 heteroatoms. The summed E-state index contributed by atoms with van der Waals surface area (Å²) in [5, 5.41) is 13.0. The van der Waals surface area contributed by atoms with Crippen LogP contribution >= 0.6 is 0 Å². The summed E-state index contributed by atoms with van der Waals surface area (Å²) >= 11 is 0. The number of halogens is 3. The van der Waals surface area contributed by atoms with Crippen molar-refractivity contribution in [2.45, 2.75) is 62.4 Å². The lowest BCUT2D eigenvalue weighted by Crippen LogP contribution is -2.68. The van der Waals surface area contributed by atoms with E-state index >= 15 is 4.39 Å². The van der Waals surface area contributed by atoms with E-state index in [9.17, 15) is 13.6 Å². The molecule has 2 aliphatic heterocycles. The fraction of sp³-hybridized carbons (Fsp3) is 0.583. The van der Waals surface area contributed by atoms with Crippen LogP contribution in [0.2, 0.25) is 0 Å². The smallest absolute Gasteiger partial charge is 0.408 e. The third kappa shape index (κ3) is 4.67. The molecule has 3 atom stereocenters. The molecule has 3 saturated carbocycles. The number of alkyl halides is 3. The van der Waals surface area contributed by atoms with Gasteiger partial charge in [-0.05, 0) is 31.2 Å². The molecule has 0 aromatic carbocycles. The molecule has 3 aromatic rings. The van der Waals surface area contributed by atoms with Crippen molar-refractivity contribution in [1.82, 2.24) is 34.8 Å². The topological polar surface area (TPSA) is 131 Å². The SMILES string of the molecule is O=C(NC12CC(C1)C2)OC1COC(c2cc(Nc3nccc4nc(CN5CC(OC(F)F)C5)cn34)n[nH]2)C1F. The van der Waals surface area contributed by atoms with Crippen LogP contribution in [0.5, 0.6) is 0 Å². The normalized spacial score (nSPS) is 30.2. The Morgan fingerprint density at radius 2 is 2.13 bits per heavy atom. The maximum absolute atomic E-state index is 15.1. The minimum atomic E-state index is -2.77. The van der Waals surface area contributed by atoms with Crippen molar-refractivity contribution in [3.05, 3.63) is 35.9 Å². The summed E-state index contributed by atoms with van der Waals surface area (Å²) in [5.74, 6) is 1.52. The molecule has 39 heavy (non-hydrogen) atoms. The molecule has 1 amide bonds. The third-order valence-corrected chi connectivity index (χ3v) is 7.93. The Kier molecular flexibility index (Phi) is 5.89. The number of nitrogens with one attached hydrogen (secondary N) is 3. The van der Waals surface area contributed by atoms with Crippen LogP contribution in [-0.2, 0) is 20.8 Å². The maximum Gasteiger partial charge on any atom is 0.408 e. The number of H-pyrrole nitrogens is 1. The molecule has 0 radical (unpaired) electrons. The van der Waals surface area contributed by atoms with Gasteiger partial charge >= 0.3 is 12.7 Å². The number of amides is 1. The molecule has 3 aromatic heterocycles. The zero-order valence-electron chi connectivity index (χ0n) is 20.7. The maximum atomic E-state index is 15.1. The molecule has 5 fully saturated rings. The van der Waals surface area contributed by atoms with Gasteiger partial charge in [0.05, 0.1) is 24.1 Å². The van der Waals surface area contributed by atoms with Crippen LogP contribution in [0.3, 0.4) is 0 Å². The first kappa shape index (κ1) is 24.6. The predicted molar refractivity (Wildman–Crippen MR) is 128 cm³/mol. The number of carbonyl (C=O) groups is 1. The second-order valence-electron chi connectivity index (χ2n) is 10.8. The van der Waals surface area contributed by atoms with Gasteiger partial charge in [-0.25, -0.2) is 19.2 Å². The first-order chi connectivity index (χ1) is 18.8. The standard InChI is InChI=1S/C24H27F3N8O4/c25-19-16(39-23(36)31-24-4-12(5-24)6-24)11-37-20(19)15-3-17(33-32-15)30-22-28-2-1-18-29-13(8-35(18)22)7-34-9-14(10-34)38-21(26)27/h1-3,8,12,14,16,19-21H,4-7,9-11H2,(H,31,36)(H2,28,30,32,33). The molecule has 5 aliphatic rings. The van der Waals surface area contributed by atoms with Crippen molar-refractivity contribution < 1.29 is 32.2 Å². The molecule has 3 aliphatic carbocycles. The Morgan fingerprint density at radius 1 is 1.31 bits per heavy atom. The molecule has 8 rings (SSSR count). The number of hydrogen-bond acceptors (Lipinski definition) is 9. The molecule has 0 spiro atoms. The quantitative estimate of drug-likeness (QED) is 0.369. The molecule has 2 bridgehead atoms. The highest BCUT2D eigenvalue weighted by Gasteiger charge is 2.58. The van der Waals surface area contributed by atoms with Crippen LogP contribution < -0.4 is 10.6 Å². The highest BCUT2D eigenvalue weighted by atomic mass is 19.3. The summed E-state index contributed by atoms with van der Waals surface area (Å²) in [6, 6.07) is 3.36. The van der Waals surface area contributed by atoms with Crippen molar-refractivity contribution in [2.75, 3.05) is 25.0 Å². The van der Waals surface area contributed by atoms with E-state index in [2.05, 4.69) is 35.5 Å². The van der Waals surface area contributed by atoms with Crippen LogP contribution in [0, 0.1) is 5.92 Å². The van der Waals surface area contributed by atoms with Crippen LogP contribution in [0.1, 0.15) is 36.8 Å². The average molecular weight is 549 g/mol. The second kappa shape index (κ2) is 9.34. The van der Waals surface area contributed by atoms with Crippen molar-refractivity contribution in [3.63, 3.8) is 0 Å². The average Bonchev–Trinajstić information content (AvgIpc) is 3.53. The fourth-order valence-electron chi connectivity index (χ4n) is 5.86. The van der Waals surface area contributed by atoms with Crippen molar-refractivity contribution in [2.24, 2.45) is 5.92 Å². The Morgan fingerprint density at radius 3 is 2.87 bits per heavy atom. The number of carbonyl (C=O) groups excluding carboxylic acids is 1. The van der Waals surface area contributed by atoms with E-state index in [4.69, 9.17) is 9.47 Å². The van der Waals surface area contributed by atoms with Crippen molar-refractivity contribution in [3.8, 4) is 0 Å². The van der Waals surface area contributed by atoms with E-state index in [0.29, 0.717) is 48.7 Å². The van der Waals surface area contributed by atoms with Crippen LogP contribution in [-0.4, -0.2) is 85.8 Å². The first-order valence-corrected chi connectivity index (χ1v) is 12.9. The van der Waals surface area contributed by atoms with E-state index in [-0.39, 0.29) is 12.1 Å². The van der Waals surface area contributed by atoms with Gasteiger partial charge in [-0.1, -0.05) is 0 Å². The summed E-state index contributed by atoms with van der Waals surface area (Å²) < 4.78 is 57.0. The molecular formula is C24H27F3N8O4. The number of aromatic amines is 1. The molecule has 208 valence electrons. The zero-order valence-corrected chi connectivity index (χ0v) is 20.7. The van der Waals surface area contributed by atoms with Crippen LogP contribution in [0.15, 0.2) is 24.5 Å². The van der Waals surface area contributed by atoms with Gasteiger partial charge in [-0.15, -0.1) is 0 Å². The fourth-order valence-corrected chi connectivity index (χ4v) is 5.86. The Balaban J connectivity index is 0.965. The highest BCUT2D eigenvalue weighted by molar-refractivity contribution is 5.69. The van der Waals surface area contributed by atoms with Crippen LogP contribution in [0.4, 0.5) is 29.7 Å². The summed E-state index contributed by atoms with van der Waals surface area (Å²) in [6.45, 7) is -1.52. The summed E-state index contributed by atoms with van der Waals surface area (Å²) in [5.41, 5.74) is 1.63. The third-order valence-electron chi connectivity index (χ3n) is 7.93. The van der Waals surface area contributed by atoms with Crippen LogP contribution in [0.25, 0.3) is 5.65 Å². The summed E-state index contributed by atoms with van der Waals surface area (Å²) in [7, 11) is 0. The lowest BCUT2D eigenvalue weighted by Gasteiger charge is -2.61.